The van der Waals surface area contributed by atoms with Crippen LogP contribution in [0.25, 0.3) is 5.57 Å². The number of phenolic OH excluding ortho intramolecular Hbond substituents is 1. The highest BCUT2D eigenvalue weighted by atomic mass is 32.2. The zero-order valence-corrected chi connectivity index (χ0v) is 15.8. The van der Waals surface area contributed by atoms with Gasteiger partial charge in [0.15, 0.2) is 0 Å². The minimum atomic E-state index is -0.121. The summed E-state index contributed by atoms with van der Waals surface area (Å²) < 4.78 is 0. The molecule has 2 aromatic carbocycles. The maximum absolute atomic E-state index is 12.9. The number of fused-ring (bicyclic) bond motifs is 1. The standard InChI is InChI=1S/C21H20N2O3S/c1-13-20(25)22-18-12-16(4-7-19(18)27-13)21(26)23-10-8-15(9-11-23)14-2-5-17(24)6-3-14/h2-8,12-13,24H,9-11H2,1H3,(H,22,25)/t13-/m1/s1. The van der Waals surface area contributed by atoms with Crippen LogP contribution in [-0.4, -0.2) is 40.2 Å². The highest BCUT2D eigenvalue weighted by molar-refractivity contribution is 8.00. The zero-order chi connectivity index (χ0) is 19.0. The van der Waals surface area contributed by atoms with Crippen molar-refractivity contribution in [3.05, 3.63) is 59.7 Å². The van der Waals surface area contributed by atoms with E-state index in [9.17, 15) is 14.7 Å². The Morgan fingerprint density at radius 1 is 1.22 bits per heavy atom. The predicted molar refractivity (Wildman–Crippen MR) is 107 cm³/mol. The van der Waals surface area contributed by atoms with Gasteiger partial charge in [-0.25, -0.2) is 0 Å². The van der Waals surface area contributed by atoms with Crippen LogP contribution in [0.15, 0.2) is 53.4 Å². The van der Waals surface area contributed by atoms with Gasteiger partial charge in [0.1, 0.15) is 5.75 Å². The fourth-order valence-electron chi connectivity index (χ4n) is 3.32. The quantitative estimate of drug-likeness (QED) is 0.832. The third kappa shape index (κ3) is 3.57. The number of anilines is 1. The first-order chi connectivity index (χ1) is 13.0. The van der Waals surface area contributed by atoms with E-state index in [1.54, 1.807) is 18.2 Å². The minimum Gasteiger partial charge on any atom is -0.508 e. The Bertz CT molecular complexity index is 937. The summed E-state index contributed by atoms with van der Waals surface area (Å²) in [5.74, 6) is 0.187. The summed E-state index contributed by atoms with van der Waals surface area (Å²) >= 11 is 1.51. The van der Waals surface area contributed by atoms with Crippen molar-refractivity contribution in [1.82, 2.24) is 4.90 Å². The molecule has 27 heavy (non-hydrogen) atoms. The highest BCUT2D eigenvalue weighted by Crippen LogP contribution is 2.36. The van der Waals surface area contributed by atoms with Crippen molar-refractivity contribution in [3.63, 3.8) is 0 Å². The topological polar surface area (TPSA) is 69.6 Å². The van der Waals surface area contributed by atoms with Crippen LogP contribution in [0, 0.1) is 0 Å². The van der Waals surface area contributed by atoms with E-state index in [0.29, 0.717) is 24.3 Å². The maximum atomic E-state index is 12.9. The second-order valence-electron chi connectivity index (χ2n) is 6.74. The van der Waals surface area contributed by atoms with E-state index in [1.807, 2.05) is 36.1 Å². The molecule has 0 spiro atoms. The van der Waals surface area contributed by atoms with Crippen LogP contribution in [0.2, 0.25) is 0 Å². The number of amides is 2. The van der Waals surface area contributed by atoms with Gasteiger partial charge >= 0.3 is 0 Å². The molecule has 0 fully saturated rings. The van der Waals surface area contributed by atoms with Crippen LogP contribution in [0.1, 0.15) is 29.3 Å². The lowest BCUT2D eigenvalue weighted by molar-refractivity contribution is -0.115. The molecule has 0 aromatic heterocycles. The van der Waals surface area contributed by atoms with Gasteiger partial charge in [-0.15, -0.1) is 11.8 Å². The molecule has 0 saturated heterocycles. The van der Waals surface area contributed by atoms with Gasteiger partial charge in [-0.2, -0.15) is 0 Å². The largest absolute Gasteiger partial charge is 0.508 e. The number of nitrogens with zero attached hydrogens (tertiary/aromatic N) is 1. The number of carbonyl (C=O) groups is 2. The number of benzene rings is 2. The smallest absolute Gasteiger partial charge is 0.254 e. The molecule has 0 unspecified atom stereocenters. The summed E-state index contributed by atoms with van der Waals surface area (Å²) in [7, 11) is 0. The molecule has 1 atom stereocenters. The summed E-state index contributed by atoms with van der Waals surface area (Å²) in [6.45, 7) is 3.05. The van der Waals surface area contributed by atoms with Gasteiger partial charge in [-0.3, -0.25) is 9.59 Å². The molecule has 2 aliphatic heterocycles. The molecule has 2 aromatic rings. The van der Waals surface area contributed by atoms with Gasteiger partial charge < -0.3 is 15.3 Å². The Labute approximate surface area is 162 Å². The molecule has 5 nitrogen and oxygen atoms in total. The van der Waals surface area contributed by atoms with E-state index in [2.05, 4.69) is 11.4 Å². The van der Waals surface area contributed by atoms with Gasteiger partial charge in [0, 0.05) is 23.5 Å². The first kappa shape index (κ1) is 17.7. The SMILES string of the molecule is C[C@H]1Sc2ccc(C(=O)N3CC=C(c4ccc(O)cc4)CC3)cc2NC1=O. The summed E-state index contributed by atoms with van der Waals surface area (Å²) in [4.78, 5) is 27.5. The van der Waals surface area contributed by atoms with E-state index < -0.39 is 0 Å². The molecule has 0 aliphatic carbocycles. The predicted octanol–water partition coefficient (Wildman–Crippen LogP) is 3.75. The number of carbonyl (C=O) groups excluding carboxylic acids is 2. The summed E-state index contributed by atoms with van der Waals surface area (Å²) in [6.07, 6.45) is 2.83. The molecule has 0 bridgehead atoms. The molecular weight excluding hydrogens is 360 g/mol. The van der Waals surface area contributed by atoms with Crippen LogP contribution in [0.3, 0.4) is 0 Å². The van der Waals surface area contributed by atoms with Crippen molar-refractivity contribution in [2.24, 2.45) is 0 Å². The Kier molecular flexibility index (Phi) is 4.66. The third-order valence-electron chi connectivity index (χ3n) is 4.89. The van der Waals surface area contributed by atoms with Gasteiger partial charge in [-0.1, -0.05) is 18.2 Å². The van der Waals surface area contributed by atoms with Crippen LogP contribution in [-0.2, 0) is 4.79 Å². The van der Waals surface area contributed by atoms with Gasteiger partial charge in [0.05, 0.1) is 10.9 Å². The molecule has 4 rings (SSSR count). The lowest BCUT2D eigenvalue weighted by Gasteiger charge is -2.28. The molecule has 2 aliphatic rings. The molecule has 138 valence electrons. The highest BCUT2D eigenvalue weighted by Gasteiger charge is 2.25. The summed E-state index contributed by atoms with van der Waals surface area (Å²) in [5, 5.41) is 12.2. The van der Waals surface area contributed by atoms with E-state index in [4.69, 9.17) is 0 Å². The Morgan fingerprint density at radius 2 is 2.00 bits per heavy atom. The first-order valence-corrected chi connectivity index (χ1v) is 9.78. The number of phenols is 1. The second-order valence-corrected chi connectivity index (χ2v) is 8.12. The Morgan fingerprint density at radius 3 is 2.70 bits per heavy atom. The number of aromatic hydroxyl groups is 1. The number of hydrogen-bond donors (Lipinski definition) is 2. The van der Waals surface area contributed by atoms with Gasteiger partial charge in [-0.05, 0) is 54.8 Å². The molecule has 2 amide bonds. The summed E-state index contributed by atoms with van der Waals surface area (Å²) in [5.41, 5.74) is 3.56. The third-order valence-corrected chi connectivity index (χ3v) is 6.07. The Balaban J connectivity index is 1.49. The molecule has 6 heteroatoms. The fraction of sp³-hybridized carbons (Fsp3) is 0.238. The van der Waals surface area contributed by atoms with Crippen LogP contribution < -0.4 is 5.32 Å². The first-order valence-electron chi connectivity index (χ1n) is 8.90. The lowest BCUT2D eigenvalue weighted by Crippen LogP contribution is -2.35. The monoisotopic (exact) mass is 380 g/mol. The van der Waals surface area contributed by atoms with Crippen molar-refractivity contribution in [1.29, 1.82) is 0 Å². The van der Waals surface area contributed by atoms with Crippen molar-refractivity contribution < 1.29 is 14.7 Å². The minimum absolute atomic E-state index is 0.0309. The normalized spacial score (nSPS) is 19.1. The Hall–Kier alpha value is -2.73. The van der Waals surface area contributed by atoms with Gasteiger partial charge in [0.25, 0.3) is 5.91 Å². The molecule has 2 N–H and O–H groups in total. The maximum Gasteiger partial charge on any atom is 0.254 e. The van der Waals surface area contributed by atoms with Crippen LogP contribution in [0.5, 0.6) is 5.75 Å². The van der Waals surface area contributed by atoms with E-state index in [0.717, 1.165) is 16.9 Å². The van der Waals surface area contributed by atoms with Gasteiger partial charge in [0.2, 0.25) is 5.91 Å². The molecule has 0 radical (unpaired) electrons. The van der Waals surface area contributed by atoms with E-state index >= 15 is 0 Å². The summed E-state index contributed by atoms with van der Waals surface area (Å²) in [6, 6.07) is 12.6. The number of hydrogen-bond acceptors (Lipinski definition) is 4. The number of nitrogens with one attached hydrogen (secondary N) is 1. The lowest BCUT2D eigenvalue weighted by atomic mass is 9.99. The van der Waals surface area contributed by atoms with Crippen LogP contribution in [0.4, 0.5) is 5.69 Å². The molecule has 2 heterocycles. The van der Waals surface area contributed by atoms with E-state index in [1.165, 1.54) is 17.3 Å². The average Bonchev–Trinajstić information content (AvgIpc) is 2.69. The number of thioether (sulfide) groups is 1. The molecular formula is C21H20N2O3S. The van der Waals surface area contributed by atoms with E-state index in [-0.39, 0.29) is 22.8 Å². The molecule has 0 saturated carbocycles. The fourth-order valence-corrected chi connectivity index (χ4v) is 4.25. The van der Waals surface area contributed by atoms with Crippen molar-refractivity contribution in [2.75, 3.05) is 18.4 Å². The van der Waals surface area contributed by atoms with Crippen molar-refractivity contribution >= 4 is 34.8 Å². The average molecular weight is 380 g/mol. The van der Waals surface area contributed by atoms with Crippen molar-refractivity contribution in [2.45, 2.75) is 23.5 Å². The number of rotatable bonds is 2. The van der Waals surface area contributed by atoms with Crippen molar-refractivity contribution in [3.8, 4) is 5.75 Å². The van der Waals surface area contributed by atoms with Crippen LogP contribution >= 0.6 is 11.8 Å². The zero-order valence-electron chi connectivity index (χ0n) is 14.9. The second kappa shape index (κ2) is 7.12.